The number of fused-ring (bicyclic) bond motifs is 5. The first kappa shape index (κ1) is 31.0. The molecule has 12 heteroatoms. The van der Waals surface area contributed by atoms with Crippen molar-refractivity contribution in [1.29, 1.82) is 0 Å². The van der Waals surface area contributed by atoms with Crippen LogP contribution >= 0.6 is 0 Å². The fourth-order valence-electron chi connectivity index (χ4n) is 6.88. The van der Waals surface area contributed by atoms with E-state index in [9.17, 15) is 14.4 Å². The van der Waals surface area contributed by atoms with Gasteiger partial charge in [0.15, 0.2) is 23.0 Å². The standard InChI is InChI=1S/C36H36N4O8/c1-44-31-15-23(16-32(45-2)34(31)46-3)36(43)38-26-14-22(35(42)37-25-8-10-29-30(17-25)48-12-11-47-29)7-9-28(26)39-18-21-13-24(20-39)27-5-4-6-33(41)40(27)19-21/h4-10,14-17,21,24H,11-13,18-20H2,1-3H3,(H,37,42)(H,38,43)/t21-,24+/m1/s1. The molecule has 4 heterocycles. The Balaban J connectivity index is 1.22. The minimum Gasteiger partial charge on any atom is -0.493 e. The average molecular weight is 653 g/mol. The normalized spacial score (nSPS) is 17.5. The van der Waals surface area contributed by atoms with Crippen LogP contribution < -0.4 is 44.8 Å². The molecule has 48 heavy (non-hydrogen) atoms. The zero-order chi connectivity index (χ0) is 33.4. The van der Waals surface area contributed by atoms with Crippen LogP contribution in [0.15, 0.2) is 71.5 Å². The van der Waals surface area contributed by atoms with Gasteiger partial charge in [0, 0.05) is 60.2 Å². The van der Waals surface area contributed by atoms with Gasteiger partial charge in [0.2, 0.25) is 5.75 Å². The lowest BCUT2D eigenvalue weighted by Crippen LogP contribution is -2.47. The Morgan fingerprint density at radius 1 is 0.771 bits per heavy atom. The predicted octanol–water partition coefficient (Wildman–Crippen LogP) is 4.77. The lowest BCUT2D eigenvalue weighted by Gasteiger charge is -2.44. The quantitative estimate of drug-likeness (QED) is 0.277. The van der Waals surface area contributed by atoms with Crippen molar-refractivity contribution in [2.24, 2.45) is 5.92 Å². The van der Waals surface area contributed by atoms with Gasteiger partial charge in [0.1, 0.15) is 13.2 Å². The summed E-state index contributed by atoms with van der Waals surface area (Å²) in [5.74, 6) is 1.84. The second-order valence-corrected chi connectivity index (χ2v) is 12.0. The number of piperidine rings is 1. The van der Waals surface area contributed by atoms with E-state index in [1.807, 2.05) is 22.8 Å². The molecule has 0 aliphatic carbocycles. The van der Waals surface area contributed by atoms with Crippen LogP contribution in [0.25, 0.3) is 0 Å². The van der Waals surface area contributed by atoms with Gasteiger partial charge in [-0.2, -0.15) is 0 Å². The number of carbonyl (C=O) groups excluding carboxylic acids is 2. The van der Waals surface area contributed by atoms with E-state index in [0.29, 0.717) is 78.5 Å². The number of nitrogens with zero attached hydrogens (tertiary/aromatic N) is 2. The summed E-state index contributed by atoms with van der Waals surface area (Å²) in [7, 11) is 4.47. The van der Waals surface area contributed by atoms with E-state index in [4.69, 9.17) is 23.7 Å². The molecule has 3 aliphatic rings. The zero-order valence-corrected chi connectivity index (χ0v) is 26.9. The summed E-state index contributed by atoms with van der Waals surface area (Å²) < 4.78 is 29.5. The van der Waals surface area contributed by atoms with Crippen LogP contribution in [0, 0.1) is 5.92 Å². The van der Waals surface area contributed by atoms with Crippen molar-refractivity contribution in [1.82, 2.24) is 4.57 Å². The molecule has 1 aromatic heterocycles. The summed E-state index contributed by atoms with van der Waals surface area (Å²) in [6, 6.07) is 19.1. The van der Waals surface area contributed by atoms with Crippen LogP contribution in [0.4, 0.5) is 17.1 Å². The van der Waals surface area contributed by atoms with Gasteiger partial charge in [-0.25, -0.2) is 0 Å². The van der Waals surface area contributed by atoms with Gasteiger partial charge in [-0.1, -0.05) is 6.07 Å². The van der Waals surface area contributed by atoms with Crippen LogP contribution in [0.5, 0.6) is 28.7 Å². The van der Waals surface area contributed by atoms with Crippen LogP contribution in [0.3, 0.4) is 0 Å². The topological polar surface area (TPSA) is 130 Å². The van der Waals surface area contributed by atoms with Crippen LogP contribution in [0.2, 0.25) is 0 Å². The molecule has 0 radical (unpaired) electrons. The fourth-order valence-corrected chi connectivity index (χ4v) is 6.88. The number of rotatable bonds is 8. The van der Waals surface area contributed by atoms with Crippen LogP contribution in [0.1, 0.15) is 38.7 Å². The number of hydrogen-bond donors (Lipinski definition) is 2. The highest BCUT2D eigenvalue weighted by molar-refractivity contribution is 6.09. The molecule has 2 bridgehead atoms. The molecule has 2 N–H and O–H groups in total. The van der Waals surface area contributed by atoms with Crippen molar-refractivity contribution in [2.45, 2.75) is 18.9 Å². The highest BCUT2D eigenvalue weighted by atomic mass is 16.6. The van der Waals surface area contributed by atoms with E-state index >= 15 is 0 Å². The minimum atomic E-state index is -0.422. The first-order valence-corrected chi connectivity index (χ1v) is 15.8. The number of ether oxygens (including phenoxy) is 5. The van der Waals surface area contributed by atoms with Crippen molar-refractivity contribution >= 4 is 28.9 Å². The number of amides is 2. The third-order valence-electron chi connectivity index (χ3n) is 9.05. The Kier molecular flexibility index (Phi) is 8.30. The first-order chi connectivity index (χ1) is 23.3. The molecule has 12 nitrogen and oxygen atoms in total. The number of pyridine rings is 1. The molecule has 0 saturated carbocycles. The number of anilines is 3. The monoisotopic (exact) mass is 652 g/mol. The molecule has 2 atom stereocenters. The van der Waals surface area contributed by atoms with Crippen molar-refractivity contribution in [3.05, 3.63) is 93.9 Å². The van der Waals surface area contributed by atoms with E-state index in [-0.39, 0.29) is 28.9 Å². The Morgan fingerprint density at radius 3 is 2.27 bits per heavy atom. The number of aromatic nitrogens is 1. The molecule has 4 aromatic rings. The van der Waals surface area contributed by atoms with Crippen molar-refractivity contribution in [3.8, 4) is 28.7 Å². The SMILES string of the molecule is COc1cc(C(=O)Nc2cc(C(=O)Nc3ccc4c(c3)OCCO4)ccc2N2C[C@H]3C[C@@H](C2)c2cccc(=O)n2C3)cc(OC)c1OC. The third kappa shape index (κ3) is 5.85. The van der Waals surface area contributed by atoms with Crippen molar-refractivity contribution in [3.63, 3.8) is 0 Å². The largest absolute Gasteiger partial charge is 0.493 e. The summed E-state index contributed by atoms with van der Waals surface area (Å²) >= 11 is 0. The number of nitrogens with one attached hydrogen (secondary N) is 2. The molecular weight excluding hydrogens is 616 g/mol. The smallest absolute Gasteiger partial charge is 0.255 e. The number of hydrogen-bond acceptors (Lipinski definition) is 9. The molecule has 0 unspecified atom stereocenters. The molecule has 1 fully saturated rings. The Labute approximate surface area is 277 Å². The Bertz CT molecular complexity index is 1930. The van der Waals surface area contributed by atoms with Gasteiger partial charge in [-0.3, -0.25) is 14.4 Å². The minimum absolute atomic E-state index is 0.0160. The van der Waals surface area contributed by atoms with Gasteiger partial charge in [0.25, 0.3) is 17.4 Å². The maximum Gasteiger partial charge on any atom is 0.255 e. The average Bonchev–Trinajstić information content (AvgIpc) is 3.11. The molecule has 248 valence electrons. The maximum absolute atomic E-state index is 13.8. The van der Waals surface area contributed by atoms with Gasteiger partial charge in [0.05, 0.1) is 32.7 Å². The maximum atomic E-state index is 13.8. The lowest BCUT2D eigenvalue weighted by molar-refractivity contribution is 0.101. The van der Waals surface area contributed by atoms with E-state index in [1.54, 1.807) is 48.5 Å². The number of benzene rings is 3. The summed E-state index contributed by atoms with van der Waals surface area (Å²) in [5.41, 5.74) is 3.45. The van der Waals surface area contributed by atoms with Crippen molar-refractivity contribution < 1.29 is 33.3 Å². The molecule has 2 amide bonds. The summed E-state index contributed by atoms with van der Waals surface area (Å²) in [5, 5.41) is 5.98. The van der Waals surface area contributed by atoms with Crippen LogP contribution in [-0.2, 0) is 6.54 Å². The number of methoxy groups -OCH3 is 3. The highest BCUT2D eigenvalue weighted by Gasteiger charge is 2.35. The molecule has 0 spiro atoms. The summed E-state index contributed by atoms with van der Waals surface area (Å²) in [6.45, 7) is 2.87. The zero-order valence-electron chi connectivity index (χ0n) is 26.9. The second-order valence-electron chi connectivity index (χ2n) is 12.0. The highest BCUT2D eigenvalue weighted by Crippen LogP contribution is 2.41. The van der Waals surface area contributed by atoms with E-state index in [0.717, 1.165) is 17.8 Å². The lowest BCUT2D eigenvalue weighted by atomic mass is 9.83. The molecule has 3 aliphatic heterocycles. The Hall–Kier alpha value is -5.65. The van der Waals surface area contributed by atoms with Crippen molar-refractivity contribution in [2.75, 3.05) is 63.2 Å². The van der Waals surface area contributed by atoms with Gasteiger partial charge in [-0.05, 0) is 60.9 Å². The van der Waals surface area contributed by atoms with E-state index in [1.165, 1.54) is 21.3 Å². The molecule has 1 saturated heterocycles. The second kappa shape index (κ2) is 12.9. The van der Waals surface area contributed by atoms with Gasteiger partial charge in [-0.15, -0.1) is 0 Å². The van der Waals surface area contributed by atoms with Gasteiger partial charge < -0.3 is 43.8 Å². The van der Waals surface area contributed by atoms with Crippen LogP contribution in [-0.4, -0.2) is 64.0 Å². The predicted molar refractivity (Wildman–Crippen MR) is 180 cm³/mol. The van der Waals surface area contributed by atoms with Gasteiger partial charge >= 0.3 is 0 Å². The fraction of sp³-hybridized carbons (Fsp3) is 0.306. The number of carbonyl (C=O) groups is 2. The summed E-state index contributed by atoms with van der Waals surface area (Å²) in [6.07, 6.45) is 0.975. The van der Waals surface area contributed by atoms with E-state index in [2.05, 4.69) is 15.5 Å². The molecular formula is C36H36N4O8. The first-order valence-electron chi connectivity index (χ1n) is 15.8. The van der Waals surface area contributed by atoms with E-state index < -0.39 is 5.91 Å². The Morgan fingerprint density at radius 2 is 1.52 bits per heavy atom. The molecule has 3 aromatic carbocycles. The summed E-state index contributed by atoms with van der Waals surface area (Å²) in [4.78, 5) is 42.2. The third-order valence-corrected chi connectivity index (χ3v) is 9.05. The molecule has 7 rings (SSSR count).